The third-order valence-electron chi connectivity index (χ3n) is 3.94. The van der Waals surface area contributed by atoms with Crippen molar-refractivity contribution in [3.63, 3.8) is 0 Å². The zero-order valence-corrected chi connectivity index (χ0v) is 13.0. The second-order valence-corrected chi connectivity index (χ2v) is 7.48. The van der Waals surface area contributed by atoms with Crippen molar-refractivity contribution in [2.24, 2.45) is 11.8 Å². The molecular formula is C18H18Se. The zero-order valence-electron chi connectivity index (χ0n) is 11.3. The van der Waals surface area contributed by atoms with Crippen LogP contribution in [0.1, 0.15) is 19.4 Å². The molecule has 2 aromatic carbocycles. The van der Waals surface area contributed by atoms with Crippen LogP contribution < -0.4 is 4.46 Å². The normalized spacial score (nSPS) is 22.2. The average molecular weight is 313 g/mol. The molecule has 0 bridgehead atoms. The summed E-state index contributed by atoms with van der Waals surface area (Å²) in [5.74, 6) is 1.43. The second kappa shape index (κ2) is 5.36. The van der Waals surface area contributed by atoms with Crippen molar-refractivity contribution >= 4 is 25.0 Å². The number of hydrogen-bond donors (Lipinski definition) is 0. The molecule has 0 N–H and O–H groups in total. The van der Waals surface area contributed by atoms with E-state index in [2.05, 4.69) is 74.5 Å². The average Bonchev–Trinajstić information content (AvgIpc) is 2.48. The summed E-state index contributed by atoms with van der Waals surface area (Å²) >= 11 is 0.471. The van der Waals surface area contributed by atoms with Crippen LogP contribution in [0.2, 0.25) is 0 Å². The predicted molar refractivity (Wildman–Crippen MR) is 83.5 cm³/mol. The van der Waals surface area contributed by atoms with Gasteiger partial charge in [-0.3, -0.25) is 0 Å². The van der Waals surface area contributed by atoms with Gasteiger partial charge in [0.25, 0.3) is 0 Å². The topological polar surface area (TPSA) is 0 Å². The van der Waals surface area contributed by atoms with E-state index in [1.807, 2.05) is 0 Å². The van der Waals surface area contributed by atoms with Crippen LogP contribution in [-0.2, 0) is 0 Å². The van der Waals surface area contributed by atoms with Crippen LogP contribution in [-0.4, -0.2) is 15.0 Å². The van der Waals surface area contributed by atoms with Gasteiger partial charge in [-0.25, -0.2) is 0 Å². The molecule has 0 amide bonds. The maximum absolute atomic E-state index is 2.37. The molecule has 0 fully saturated rings. The van der Waals surface area contributed by atoms with Gasteiger partial charge in [-0.1, -0.05) is 0 Å². The first-order chi connectivity index (χ1) is 9.27. The fraction of sp³-hybridized carbons (Fsp3) is 0.222. The quantitative estimate of drug-likeness (QED) is 0.758. The Morgan fingerprint density at radius 2 is 1.32 bits per heavy atom. The van der Waals surface area contributed by atoms with Gasteiger partial charge >= 0.3 is 121 Å². The summed E-state index contributed by atoms with van der Waals surface area (Å²) in [7, 11) is 0. The molecule has 19 heavy (non-hydrogen) atoms. The van der Waals surface area contributed by atoms with E-state index in [4.69, 9.17) is 0 Å². The van der Waals surface area contributed by atoms with Gasteiger partial charge in [-0.05, 0) is 0 Å². The zero-order chi connectivity index (χ0) is 13.2. The van der Waals surface area contributed by atoms with Crippen molar-refractivity contribution in [1.29, 1.82) is 0 Å². The molecule has 1 heteroatoms. The Bertz CT molecular complexity index is 584. The number of allylic oxidation sites excluding steroid dienone is 2. The van der Waals surface area contributed by atoms with Crippen molar-refractivity contribution in [2.45, 2.75) is 13.8 Å². The van der Waals surface area contributed by atoms with Crippen LogP contribution in [0.15, 0.2) is 65.1 Å². The van der Waals surface area contributed by atoms with Gasteiger partial charge in [0, 0.05) is 0 Å². The molecule has 2 atom stereocenters. The fourth-order valence-electron chi connectivity index (χ4n) is 2.64. The fourth-order valence-corrected chi connectivity index (χ4v) is 5.47. The van der Waals surface area contributed by atoms with Crippen LogP contribution in [0.25, 0.3) is 5.57 Å². The van der Waals surface area contributed by atoms with Crippen LogP contribution >= 0.6 is 0 Å². The molecule has 0 nitrogen and oxygen atoms in total. The SMILES string of the molecule is CC1C([Se]c2ccccc2)=C(c2ccccc2)[C@@H]1C. The number of rotatable bonds is 3. The van der Waals surface area contributed by atoms with Gasteiger partial charge in [0.1, 0.15) is 0 Å². The molecule has 0 saturated heterocycles. The standard InChI is InChI=1S/C18H18Se/c1-13-14(2)18(19-16-11-7-4-8-12-16)17(13)15-9-5-3-6-10-15/h3-14H,1-2H3/t13-,14?/m1/s1. The van der Waals surface area contributed by atoms with Gasteiger partial charge < -0.3 is 0 Å². The number of hydrogen-bond acceptors (Lipinski definition) is 0. The monoisotopic (exact) mass is 314 g/mol. The first-order valence-corrected chi connectivity index (χ1v) is 8.51. The van der Waals surface area contributed by atoms with E-state index in [9.17, 15) is 0 Å². The van der Waals surface area contributed by atoms with Crippen molar-refractivity contribution < 1.29 is 0 Å². The van der Waals surface area contributed by atoms with E-state index in [-0.39, 0.29) is 0 Å². The van der Waals surface area contributed by atoms with E-state index in [1.54, 1.807) is 10.0 Å². The van der Waals surface area contributed by atoms with Crippen molar-refractivity contribution in [3.8, 4) is 0 Å². The summed E-state index contributed by atoms with van der Waals surface area (Å²) in [6, 6.07) is 21.8. The van der Waals surface area contributed by atoms with Gasteiger partial charge in [-0.2, -0.15) is 0 Å². The molecule has 0 spiro atoms. The van der Waals surface area contributed by atoms with Gasteiger partial charge in [0.05, 0.1) is 0 Å². The Morgan fingerprint density at radius 1 is 0.737 bits per heavy atom. The van der Waals surface area contributed by atoms with Crippen molar-refractivity contribution in [2.75, 3.05) is 0 Å². The number of benzene rings is 2. The first kappa shape index (κ1) is 12.7. The molecule has 0 heterocycles. The first-order valence-electron chi connectivity index (χ1n) is 6.79. The third-order valence-corrected chi connectivity index (χ3v) is 6.71. The van der Waals surface area contributed by atoms with Gasteiger partial charge in [0.2, 0.25) is 0 Å². The summed E-state index contributed by atoms with van der Waals surface area (Å²) in [4.78, 5) is 0. The summed E-state index contributed by atoms with van der Waals surface area (Å²) in [5.41, 5.74) is 3.01. The van der Waals surface area contributed by atoms with Crippen molar-refractivity contribution in [1.82, 2.24) is 0 Å². The molecule has 0 saturated carbocycles. The minimum atomic E-state index is 0.471. The van der Waals surface area contributed by atoms with E-state index < -0.39 is 0 Å². The van der Waals surface area contributed by atoms with E-state index in [1.165, 1.54) is 10.0 Å². The third kappa shape index (κ3) is 2.41. The Kier molecular flexibility index (Phi) is 3.59. The summed E-state index contributed by atoms with van der Waals surface area (Å²) in [6.07, 6.45) is 0. The Morgan fingerprint density at radius 3 is 1.95 bits per heavy atom. The summed E-state index contributed by atoms with van der Waals surface area (Å²) in [5, 5.41) is 0. The van der Waals surface area contributed by atoms with Crippen molar-refractivity contribution in [3.05, 3.63) is 70.7 Å². The molecule has 0 aliphatic heterocycles. The summed E-state index contributed by atoms with van der Waals surface area (Å²) in [6.45, 7) is 4.73. The summed E-state index contributed by atoms with van der Waals surface area (Å²) < 4.78 is 3.16. The molecule has 0 radical (unpaired) electrons. The molecule has 0 aromatic heterocycles. The molecule has 1 aliphatic rings. The Balaban J connectivity index is 1.95. The molecule has 3 rings (SSSR count). The molecule has 96 valence electrons. The predicted octanol–water partition coefficient (Wildman–Crippen LogP) is 3.71. The minimum absolute atomic E-state index is 0.471. The maximum atomic E-state index is 2.37. The molecule has 2 aromatic rings. The second-order valence-electron chi connectivity index (χ2n) is 5.14. The van der Waals surface area contributed by atoms with Crippen LogP contribution in [0.3, 0.4) is 0 Å². The van der Waals surface area contributed by atoms with E-state index in [0.29, 0.717) is 20.9 Å². The van der Waals surface area contributed by atoms with Crippen LogP contribution in [0, 0.1) is 11.8 Å². The van der Waals surface area contributed by atoms with Gasteiger partial charge in [-0.15, -0.1) is 0 Å². The van der Waals surface area contributed by atoms with Crippen LogP contribution in [0.4, 0.5) is 0 Å². The molecular weight excluding hydrogens is 295 g/mol. The van der Waals surface area contributed by atoms with Gasteiger partial charge in [0.15, 0.2) is 0 Å². The van der Waals surface area contributed by atoms with E-state index in [0.717, 1.165) is 5.92 Å². The Hall–Kier alpha value is -1.30. The molecule has 1 aliphatic carbocycles. The van der Waals surface area contributed by atoms with E-state index >= 15 is 0 Å². The van der Waals surface area contributed by atoms with Crippen LogP contribution in [0.5, 0.6) is 0 Å². The Labute approximate surface area is 121 Å². The molecule has 1 unspecified atom stereocenters.